The fourth-order valence-corrected chi connectivity index (χ4v) is 5.21. The molecule has 0 spiro atoms. The predicted molar refractivity (Wildman–Crippen MR) is 83.2 cm³/mol. The second-order valence-corrected chi connectivity index (χ2v) is 9.15. The Bertz CT molecular complexity index is 680. The first-order valence-corrected chi connectivity index (χ1v) is 10.2. The van der Waals surface area contributed by atoms with Crippen molar-refractivity contribution in [2.75, 3.05) is 35.9 Å². The Labute approximate surface area is 126 Å². The summed E-state index contributed by atoms with van der Waals surface area (Å²) in [5.41, 5.74) is 0.638. The average Bonchev–Trinajstić information content (AvgIpc) is 2.34. The van der Waals surface area contributed by atoms with Gasteiger partial charge in [-0.1, -0.05) is 18.2 Å². The molecule has 0 N–H and O–H groups in total. The quantitative estimate of drug-likeness (QED) is 0.770. The summed E-state index contributed by atoms with van der Waals surface area (Å²) in [5, 5.41) is 0. The lowest BCUT2D eigenvalue weighted by molar-refractivity contribution is 0.221. The van der Waals surface area contributed by atoms with Crippen LogP contribution in [0.5, 0.6) is 0 Å². The molecule has 8 heteroatoms. The van der Waals surface area contributed by atoms with Crippen LogP contribution in [0.25, 0.3) is 0 Å². The van der Waals surface area contributed by atoms with Crippen LogP contribution in [0.3, 0.4) is 0 Å². The van der Waals surface area contributed by atoms with Crippen LogP contribution >= 0.6 is 0 Å². The van der Waals surface area contributed by atoms with Crippen molar-refractivity contribution in [1.82, 2.24) is 4.31 Å². The lowest BCUT2D eigenvalue weighted by Crippen LogP contribution is -2.53. The second-order valence-electron chi connectivity index (χ2n) is 5.22. The largest absolute Gasteiger partial charge is 0.271 e. The van der Waals surface area contributed by atoms with E-state index >= 15 is 0 Å². The zero-order valence-corrected chi connectivity index (χ0v) is 13.8. The maximum Gasteiger partial charge on any atom is 0.235 e. The number of benzene rings is 1. The molecule has 1 heterocycles. The highest BCUT2D eigenvalue weighted by Crippen LogP contribution is 2.24. The molecule has 6 nitrogen and oxygen atoms in total. The maximum absolute atomic E-state index is 12.5. The molecule has 1 aliphatic heterocycles. The number of para-hydroxylation sites is 1. The van der Waals surface area contributed by atoms with Crippen LogP contribution in [0.15, 0.2) is 30.3 Å². The Morgan fingerprint density at radius 3 is 2.19 bits per heavy atom. The molecule has 0 amide bonds. The Morgan fingerprint density at radius 1 is 1.14 bits per heavy atom. The van der Waals surface area contributed by atoms with Crippen molar-refractivity contribution in [2.24, 2.45) is 5.92 Å². The van der Waals surface area contributed by atoms with E-state index in [4.69, 9.17) is 0 Å². The van der Waals surface area contributed by atoms with Crippen molar-refractivity contribution in [2.45, 2.75) is 6.92 Å². The van der Waals surface area contributed by atoms with Gasteiger partial charge in [0.15, 0.2) is 0 Å². The third-order valence-electron chi connectivity index (χ3n) is 3.51. The molecule has 21 heavy (non-hydrogen) atoms. The zero-order chi connectivity index (χ0) is 15.7. The van der Waals surface area contributed by atoms with Gasteiger partial charge in [-0.15, -0.1) is 0 Å². The number of hydrogen-bond donors (Lipinski definition) is 0. The van der Waals surface area contributed by atoms with Gasteiger partial charge in [-0.2, -0.15) is 0 Å². The maximum atomic E-state index is 12.5. The lowest BCUT2D eigenvalue weighted by Gasteiger charge is -2.38. The summed E-state index contributed by atoms with van der Waals surface area (Å²) in [6, 6.07) is 8.93. The van der Waals surface area contributed by atoms with E-state index in [0.717, 1.165) is 6.26 Å². The zero-order valence-electron chi connectivity index (χ0n) is 12.1. The molecule has 1 aromatic carbocycles. The highest BCUT2D eigenvalue weighted by molar-refractivity contribution is 7.92. The topological polar surface area (TPSA) is 74.8 Å². The van der Waals surface area contributed by atoms with Gasteiger partial charge in [0.1, 0.15) is 0 Å². The van der Waals surface area contributed by atoms with Crippen LogP contribution < -0.4 is 4.31 Å². The lowest BCUT2D eigenvalue weighted by atomic mass is 10.1. The van der Waals surface area contributed by atoms with Crippen LogP contribution in [0, 0.1) is 5.92 Å². The summed E-state index contributed by atoms with van der Waals surface area (Å²) in [7, 11) is -6.65. The van der Waals surface area contributed by atoms with Gasteiger partial charge in [-0.3, -0.25) is 4.31 Å². The minimum Gasteiger partial charge on any atom is -0.271 e. The van der Waals surface area contributed by atoms with Gasteiger partial charge < -0.3 is 0 Å². The molecule has 0 radical (unpaired) electrons. The number of sulfonamides is 2. The van der Waals surface area contributed by atoms with Crippen molar-refractivity contribution in [3.8, 4) is 0 Å². The molecular formula is C13H20N2O4S2. The molecule has 1 aromatic rings. The van der Waals surface area contributed by atoms with E-state index in [-0.39, 0.29) is 24.8 Å². The number of nitrogens with zero attached hydrogens (tertiary/aromatic N) is 2. The molecule has 1 saturated heterocycles. The van der Waals surface area contributed by atoms with Crippen molar-refractivity contribution >= 4 is 25.7 Å². The summed E-state index contributed by atoms with van der Waals surface area (Å²) in [5.74, 6) is -0.163. The van der Waals surface area contributed by atoms with E-state index in [9.17, 15) is 16.8 Å². The summed E-state index contributed by atoms with van der Waals surface area (Å²) in [4.78, 5) is 0. The number of hydrogen-bond acceptors (Lipinski definition) is 4. The molecule has 2 rings (SSSR count). The molecule has 1 aliphatic rings. The molecule has 0 bridgehead atoms. The molecule has 1 fully saturated rings. The predicted octanol–water partition coefficient (Wildman–Crippen LogP) is 0.734. The SMILES string of the molecule is CCN(c1ccccc1)S(=O)(=O)CC1CN(S(C)(=O)=O)C1. The number of anilines is 1. The van der Waals surface area contributed by atoms with E-state index in [1.807, 2.05) is 6.07 Å². The van der Waals surface area contributed by atoms with Crippen LogP contribution in [0.4, 0.5) is 5.69 Å². The Kier molecular flexibility index (Phi) is 4.60. The smallest absolute Gasteiger partial charge is 0.235 e. The Hall–Kier alpha value is -1.12. The first kappa shape index (κ1) is 16.3. The molecule has 0 unspecified atom stereocenters. The molecule has 118 valence electrons. The molecule has 0 saturated carbocycles. The van der Waals surface area contributed by atoms with Gasteiger partial charge in [0.25, 0.3) is 0 Å². The van der Waals surface area contributed by atoms with Gasteiger partial charge in [0.2, 0.25) is 20.0 Å². The van der Waals surface area contributed by atoms with Crippen LogP contribution in [-0.4, -0.2) is 52.8 Å². The fraction of sp³-hybridized carbons (Fsp3) is 0.538. The summed E-state index contributed by atoms with van der Waals surface area (Å²) < 4.78 is 50.2. The minimum atomic E-state index is -3.44. The normalized spacial score (nSPS) is 17.4. The summed E-state index contributed by atoms with van der Waals surface area (Å²) in [6.45, 7) is 2.71. The van der Waals surface area contributed by atoms with Crippen molar-refractivity contribution in [1.29, 1.82) is 0 Å². The highest BCUT2D eigenvalue weighted by atomic mass is 32.2. The van der Waals surface area contributed by atoms with E-state index in [0.29, 0.717) is 12.2 Å². The van der Waals surface area contributed by atoms with Crippen molar-refractivity contribution in [3.05, 3.63) is 30.3 Å². The first-order valence-electron chi connectivity index (χ1n) is 6.74. The van der Waals surface area contributed by atoms with Crippen molar-refractivity contribution < 1.29 is 16.8 Å². The van der Waals surface area contributed by atoms with E-state index in [1.54, 1.807) is 31.2 Å². The van der Waals surface area contributed by atoms with Gasteiger partial charge in [0.05, 0.1) is 17.7 Å². The summed E-state index contributed by atoms with van der Waals surface area (Å²) >= 11 is 0. The summed E-state index contributed by atoms with van der Waals surface area (Å²) in [6.07, 6.45) is 1.14. The van der Waals surface area contributed by atoms with Crippen molar-refractivity contribution in [3.63, 3.8) is 0 Å². The van der Waals surface area contributed by atoms with Crippen LogP contribution in [-0.2, 0) is 20.0 Å². The molecule has 0 aromatic heterocycles. The average molecular weight is 332 g/mol. The molecule has 0 aliphatic carbocycles. The minimum absolute atomic E-state index is 0.0260. The highest BCUT2D eigenvalue weighted by Gasteiger charge is 2.37. The molecule has 0 atom stereocenters. The standard InChI is InChI=1S/C13H20N2O4S2/c1-3-15(13-7-5-4-6-8-13)21(18,19)11-12-9-14(10-12)20(2,16)17/h4-8,12H,3,9-11H2,1-2H3. The molecular weight excluding hydrogens is 312 g/mol. The third kappa shape index (κ3) is 3.75. The van der Waals surface area contributed by atoms with E-state index in [1.165, 1.54) is 8.61 Å². The Morgan fingerprint density at radius 2 is 1.71 bits per heavy atom. The monoisotopic (exact) mass is 332 g/mol. The first-order chi connectivity index (χ1) is 9.74. The van der Waals surface area contributed by atoms with Crippen LogP contribution in [0.1, 0.15) is 6.92 Å². The van der Waals surface area contributed by atoms with Gasteiger partial charge in [0, 0.05) is 25.6 Å². The van der Waals surface area contributed by atoms with Gasteiger partial charge in [-0.05, 0) is 19.1 Å². The Balaban J connectivity index is 2.06. The van der Waals surface area contributed by atoms with E-state index in [2.05, 4.69) is 0 Å². The third-order valence-corrected chi connectivity index (χ3v) is 6.78. The van der Waals surface area contributed by atoms with E-state index < -0.39 is 20.0 Å². The second kappa shape index (κ2) is 5.94. The number of rotatable bonds is 6. The van der Waals surface area contributed by atoms with Gasteiger partial charge in [-0.25, -0.2) is 21.1 Å². The van der Waals surface area contributed by atoms with Crippen LogP contribution in [0.2, 0.25) is 0 Å². The van der Waals surface area contributed by atoms with Gasteiger partial charge >= 0.3 is 0 Å². The fourth-order valence-electron chi connectivity index (χ4n) is 2.42.